The first-order valence-electron chi connectivity index (χ1n) is 11.0. The number of rotatable bonds is 8. The van der Waals surface area contributed by atoms with Crippen LogP contribution in [0.5, 0.6) is 0 Å². The van der Waals surface area contributed by atoms with E-state index < -0.39 is 23.8 Å². The van der Waals surface area contributed by atoms with E-state index in [0.717, 1.165) is 27.7 Å². The minimum Gasteiger partial charge on any atom is -0.390 e. The maximum atomic E-state index is 12.6. The van der Waals surface area contributed by atoms with Crippen molar-refractivity contribution in [2.75, 3.05) is 7.11 Å². The van der Waals surface area contributed by atoms with Gasteiger partial charge in [0, 0.05) is 42.0 Å². The average Bonchev–Trinajstić information content (AvgIpc) is 3.10. The maximum absolute atomic E-state index is 12.6. The summed E-state index contributed by atoms with van der Waals surface area (Å²) in [5.74, 6) is -0.383. The molecule has 1 fully saturated rings. The summed E-state index contributed by atoms with van der Waals surface area (Å²) >= 11 is 0. The number of benzene rings is 1. The Balaban J connectivity index is 2.05. The second-order valence-electron chi connectivity index (χ2n) is 9.81. The largest absolute Gasteiger partial charge is 0.390 e. The van der Waals surface area contributed by atoms with Crippen molar-refractivity contribution in [3.63, 3.8) is 0 Å². The third kappa shape index (κ3) is 4.59. The van der Waals surface area contributed by atoms with Gasteiger partial charge >= 0.3 is 0 Å². The summed E-state index contributed by atoms with van der Waals surface area (Å²) in [7, 11) is 1.59. The summed E-state index contributed by atoms with van der Waals surface area (Å²) in [6.07, 6.45) is 1.97. The molecule has 1 saturated heterocycles. The molecule has 0 saturated carbocycles. The Bertz CT molecular complexity index is 1040. The minimum absolute atomic E-state index is 0.190. The molecule has 1 aliphatic heterocycles. The van der Waals surface area contributed by atoms with Crippen molar-refractivity contribution in [1.29, 1.82) is 0 Å². The average molecular weight is 442 g/mol. The molecule has 0 aliphatic carbocycles. The van der Waals surface area contributed by atoms with E-state index in [4.69, 9.17) is 4.74 Å². The SMILES string of the molecule is C=CC(C)(C)c1[nH]c2ccc(C[C@H](O)C(C)(C)OC)cc2c1C[C@@H]1NC(=O)[C@H](C)NC1=O. The van der Waals surface area contributed by atoms with Gasteiger partial charge in [-0.2, -0.15) is 0 Å². The smallest absolute Gasteiger partial charge is 0.243 e. The van der Waals surface area contributed by atoms with Gasteiger partial charge < -0.3 is 25.5 Å². The van der Waals surface area contributed by atoms with E-state index in [1.807, 2.05) is 38.1 Å². The normalized spacial score (nSPS) is 20.7. The van der Waals surface area contributed by atoms with Crippen molar-refractivity contribution in [3.05, 3.63) is 47.7 Å². The van der Waals surface area contributed by atoms with Crippen LogP contribution in [0, 0.1) is 0 Å². The van der Waals surface area contributed by atoms with Crippen LogP contribution < -0.4 is 10.6 Å². The number of methoxy groups -OCH3 is 1. The molecular weight excluding hydrogens is 406 g/mol. The lowest BCUT2D eigenvalue weighted by atomic mass is 9.84. The molecule has 32 heavy (non-hydrogen) atoms. The van der Waals surface area contributed by atoms with Gasteiger partial charge in [0.2, 0.25) is 11.8 Å². The topological polar surface area (TPSA) is 103 Å². The zero-order valence-electron chi connectivity index (χ0n) is 19.8. The zero-order valence-corrected chi connectivity index (χ0v) is 19.8. The Morgan fingerprint density at radius 3 is 2.50 bits per heavy atom. The summed E-state index contributed by atoms with van der Waals surface area (Å²) < 4.78 is 5.43. The number of aliphatic hydroxyl groups excluding tert-OH is 1. The van der Waals surface area contributed by atoms with Crippen LogP contribution in [0.4, 0.5) is 0 Å². The van der Waals surface area contributed by atoms with E-state index in [2.05, 4.69) is 36.0 Å². The number of aromatic amines is 1. The Kier molecular flexibility index (Phi) is 6.54. The molecule has 2 amide bonds. The van der Waals surface area contributed by atoms with Crippen LogP contribution >= 0.6 is 0 Å². The van der Waals surface area contributed by atoms with E-state index in [1.54, 1.807) is 14.0 Å². The highest BCUT2D eigenvalue weighted by Gasteiger charge is 2.34. The van der Waals surface area contributed by atoms with Gasteiger partial charge in [-0.05, 0) is 44.0 Å². The van der Waals surface area contributed by atoms with E-state index in [9.17, 15) is 14.7 Å². The number of ether oxygens (including phenoxy) is 1. The molecule has 0 bridgehead atoms. The summed E-state index contributed by atoms with van der Waals surface area (Å²) in [6.45, 7) is 13.5. The number of carbonyl (C=O) groups is 2. The van der Waals surface area contributed by atoms with Crippen molar-refractivity contribution in [3.8, 4) is 0 Å². The Hall–Kier alpha value is -2.64. The highest BCUT2D eigenvalue weighted by Crippen LogP contribution is 2.34. The van der Waals surface area contributed by atoms with Crippen molar-refractivity contribution in [1.82, 2.24) is 15.6 Å². The molecule has 1 aliphatic rings. The van der Waals surface area contributed by atoms with Crippen molar-refractivity contribution >= 4 is 22.7 Å². The Morgan fingerprint density at radius 2 is 1.88 bits per heavy atom. The molecule has 0 unspecified atom stereocenters. The van der Waals surface area contributed by atoms with E-state index >= 15 is 0 Å². The zero-order chi connectivity index (χ0) is 23.8. The molecule has 174 valence electrons. The molecule has 7 heteroatoms. The first-order chi connectivity index (χ1) is 14.9. The van der Waals surface area contributed by atoms with Crippen LogP contribution in [0.1, 0.15) is 51.4 Å². The number of carbonyl (C=O) groups excluding carboxylic acids is 2. The molecule has 3 atom stereocenters. The minimum atomic E-state index is -0.679. The Morgan fingerprint density at radius 1 is 1.19 bits per heavy atom. The number of amides is 2. The van der Waals surface area contributed by atoms with Crippen LogP contribution in [0.2, 0.25) is 0 Å². The van der Waals surface area contributed by atoms with Gasteiger partial charge in [0.1, 0.15) is 12.1 Å². The molecular formula is C25H35N3O4. The standard InChI is InChI=1S/C25H35N3O4/c1-8-24(3,4)21-17(13-19-23(31)26-14(2)22(30)28-19)16-11-15(9-10-18(16)27-21)12-20(29)25(5,6)32-7/h8-11,14,19-20,27,29H,1,12-13H2,2-7H3,(H,26,31)(H,28,30)/t14-,19-,20-/m0/s1. The number of fused-ring (bicyclic) bond motifs is 1. The van der Waals surface area contributed by atoms with Crippen LogP contribution in [-0.2, 0) is 32.6 Å². The number of H-pyrrole nitrogens is 1. The van der Waals surface area contributed by atoms with Gasteiger partial charge in [-0.1, -0.05) is 26.0 Å². The summed E-state index contributed by atoms with van der Waals surface area (Å²) in [5.41, 5.74) is 2.77. The number of hydrogen-bond donors (Lipinski definition) is 4. The van der Waals surface area contributed by atoms with Crippen LogP contribution in [-0.4, -0.2) is 52.8 Å². The Labute approximate surface area is 189 Å². The molecule has 0 spiro atoms. The van der Waals surface area contributed by atoms with Crippen LogP contribution in [0.3, 0.4) is 0 Å². The summed E-state index contributed by atoms with van der Waals surface area (Å²) in [6, 6.07) is 4.83. The van der Waals surface area contributed by atoms with E-state index in [0.29, 0.717) is 12.8 Å². The van der Waals surface area contributed by atoms with Crippen LogP contribution in [0.25, 0.3) is 10.9 Å². The van der Waals surface area contributed by atoms with Gasteiger partial charge in [-0.15, -0.1) is 6.58 Å². The van der Waals surface area contributed by atoms with Crippen molar-refractivity contribution in [2.45, 2.75) is 76.7 Å². The lowest BCUT2D eigenvalue weighted by molar-refractivity contribution is -0.136. The van der Waals surface area contributed by atoms with Gasteiger partial charge in [-0.25, -0.2) is 0 Å². The first-order valence-corrected chi connectivity index (χ1v) is 11.0. The first kappa shape index (κ1) is 24.0. The molecule has 1 aromatic carbocycles. The third-order valence-electron chi connectivity index (χ3n) is 6.68. The lowest BCUT2D eigenvalue weighted by Gasteiger charge is -2.29. The molecule has 4 N–H and O–H groups in total. The third-order valence-corrected chi connectivity index (χ3v) is 6.68. The van der Waals surface area contributed by atoms with Crippen molar-refractivity contribution < 1.29 is 19.4 Å². The van der Waals surface area contributed by atoms with Crippen molar-refractivity contribution in [2.24, 2.45) is 0 Å². The lowest BCUT2D eigenvalue weighted by Crippen LogP contribution is -2.61. The summed E-state index contributed by atoms with van der Waals surface area (Å²) in [5, 5.41) is 17.2. The van der Waals surface area contributed by atoms with Gasteiger partial charge in [0.25, 0.3) is 0 Å². The molecule has 0 radical (unpaired) electrons. The maximum Gasteiger partial charge on any atom is 0.243 e. The van der Waals surface area contributed by atoms with Gasteiger partial charge in [0.15, 0.2) is 0 Å². The fourth-order valence-electron chi connectivity index (χ4n) is 3.98. The monoisotopic (exact) mass is 441 g/mol. The molecule has 2 heterocycles. The summed E-state index contributed by atoms with van der Waals surface area (Å²) in [4.78, 5) is 28.3. The molecule has 2 aromatic rings. The van der Waals surface area contributed by atoms with Crippen LogP contribution in [0.15, 0.2) is 30.9 Å². The number of hydrogen-bond acceptors (Lipinski definition) is 4. The molecule has 1 aromatic heterocycles. The number of allylic oxidation sites excluding steroid dienone is 1. The molecule has 7 nitrogen and oxygen atoms in total. The number of aliphatic hydroxyl groups is 1. The molecule has 3 rings (SSSR count). The fraction of sp³-hybridized carbons (Fsp3) is 0.520. The highest BCUT2D eigenvalue weighted by atomic mass is 16.5. The van der Waals surface area contributed by atoms with Gasteiger partial charge in [-0.3, -0.25) is 9.59 Å². The second kappa shape index (κ2) is 8.71. The number of nitrogens with one attached hydrogen (secondary N) is 3. The second-order valence-corrected chi connectivity index (χ2v) is 9.81. The predicted octanol–water partition coefficient (Wildman–Crippen LogP) is 2.51. The predicted molar refractivity (Wildman–Crippen MR) is 126 cm³/mol. The quantitative estimate of drug-likeness (QED) is 0.473. The number of piperazine rings is 1. The highest BCUT2D eigenvalue weighted by molar-refractivity contribution is 5.97. The fourth-order valence-corrected chi connectivity index (χ4v) is 3.98. The van der Waals surface area contributed by atoms with E-state index in [-0.39, 0.29) is 17.2 Å². The van der Waals surface area contributed by atoms with E-state index in [1.165, 1.54) is 0 Å². The van der Waals surface area contributed by atoms with Gasteiger partial charge in [0.05, 0.1) is 11.7 Å². The number of aromatic nitrogens is 1.